The smallest absolute Gasteiger partial charge is 0.106 e. The molecular weight excluding hydrogens is 358 g/mol. The molecule has 2 heterocycles. The molecule has 0 radical (unpaired) electrons. The second-order valence-electron chi connectivity index (χ2n) is 7.51. The van der Waals surface area contributed by atoms with Gasteiger partial charge in [-0.05, 0) is 24.1 Å². The SMILES string of the molecule is CO/N=C(\C)CCN1CCc2nc(-c3ccccc3)c(-c3ccccc3)cc2C1. The van der Waals surface area contributed by atoms with E-state index in [4.69, 9.17) is 9.82 Å². The van der Waals surface area contributed by atoms with Gasteiger partial charge in [0.1, 0.15) is 7.11 Å². The van der Waals surface area contributed by atoms with Crippen LogP contribution in [-0.2, 0) is 17.8 Å². The van der Waals surface area contributed by atoms with Crippen molar-refractivity contribution in [2.45, 2.75) is 26.3 Å². The van der Waals surface area contributed by atoms with Gasteiger partial charge in [-0.1, -0.05) is 65.8 Å². The van der Waals surface area contributed by atoms with E-state index in [0.29, 0.717) is 0 Å². The molecule has 1 aliphatic rings. The van der Waals surface area contributed by atoms with Crippen LogP contribution in [0.3, 0.4) is 0 Å². The van der Waals surface area contributed by atoms with E-state index in [1.807, 2.05) is 6.92 Å². The normalized spacial score (nSPS) is 14.5. The van der Waals surface area contributed by atoms with Crippen LogP contribution in [0.15, 0.2) is 71.9 Å². The zero-order chi connectivity index (χ0) is 20.1. The van der Waals surface area contributed by atoms with Gasteiger partial charge in [0.2, 0.25) is 0 Å². The van der Waals surface area contributed by atoms with Gasteiger partial charge in [-0.25, -0.2) is 0 Å². The molecule has 4 rings (SSSR count). The number of hydrogen-bond donors (Lipinski definition) is 0. The Morgan fingerprint density at radius 2 is 1.72 bits per heavy atom. The zero-order valence-electron chi connectivity index (χ0n) is 17.1. The van der Waals surface area contributed by atoms with Gasteiger partial charge in [0.15, 0.2) is 0 Å². The van der Waals surface area contributed by atoms with Gasteiger partial charge in [-0.3, -0.25) is 9.88 Å². The fraction of sp³-hybridized carbons (Fsp3) is 0.280. The lowest BCUT2D eigenvalue weighted by Gasteiger charge is -2.29. The van der Waals surface area contributed by atoms with E-state index in [-0.39, 0.29) is 0 Å². The van der Waals surface area contributed by atoms with Crippen molar-refractivity contribution in [3.05, 3.63) is 78.0 Å². The summed E-state index contributed by atoms with van der Waals surface area (Å²) >= 11 is 0. The zero-order valence-corrected chi connectivity index (χ0v) is 17.1. The molecule has 0 fully saturated rings. The Morgan fingerprint density at radius 1 is 1.03 bits per heavy atom. The van der Waals surface area contributed by atoms with E-state index in [1.165, 1.54) is 27.9 Å². The van der Waals surface area contributed by atoms with Crippen molar-refractivity contribution >= 4 is 5.71 Å². The lowest BCUT2D eigenvalue weighted by atomic mass is 9.94. The number of oxime groups is 1. The van der Waals surface area contributed by atoms with Crippen molar-refractivity contribution in [2.75, 3.05) is 20.2 Å². The van der Waals surface area contributed by atoms with Crippen LogP contribution in [0.4, 0.5) is 0 Å². The second-order valence-corrected chi connectivity index (χ2v) is 7.51. The maximum Gasteiger partial charge on any atom is 0.106 e. The van der Waals surface area contributed by atoms with Crippen LogP contribution in [0, 0.1) is 0 Å². The Bertz CT molecular complexity index is 984. The number of rotatable bonds is 6. The maximum absolute atomic E-state index is 5.15. The van der Waals surface area contributed by atoms with Gasteiger partial charge in [-0.15, -0.1) is 0 Å². The standard InChI is InChI=1S/C25H27N3O/c1-19(27-29-2)13-15-28-16-14-24-22(18-28)17-23(20-9-5-3-6-10-20)25(26-24)21-11-7-4-8-12-21/h3-12,17H,13-16,18H2,1-2H3/b27-19+. The summed E-state index contributed by atoms with van der Waals surface area (Å²) in [7, 11) is 1.60. The largest absolute Gasteiger partial charge is 0.399 e. The third-order valence-electron chi connectivity index (χ3n) is 5.42. The summed E-state index contributed by atoms with van der Waals surface area (Å²) in [6.07, 6.45) is 1.90. The van der Waals surface area contributed by atoms with Gasteiger partial charge in [-0.2, -0.15) is 0 Å². The molecule has 1 aromatic heterocycles. The molecule has 4 heteroatoms. The lowest BCUT2D eigenvalue weighted by Crippen LogP contribution is -2.32. The Morgan fingerprint density at radius 3 is 2.41 bits per heavy atom. The molecule has 0 saturated heterocycles. The number of benzene rings is 2. The minimum Gasteiger partial charge on any atom is -0.399 e. The van der Waals surface area contributed by atoms with Crippen LogP contribution in [0.25, 0.3) is 22.4 Å². The fourth-order valence-electron chi connectivity index (χ4n) is 3.90. The predicted molar refractivity (Wildman–Crippen MR) is 119 cm³/mol. The molecule has 4 nitrogen and oxygen atoms in total. The molecule has 0 saturated carbocycles. The highest BCUT2D eigenvalue weighted by Crippen LogP contribution is 2.34. The summed E-state index contributed by atoms with van der Waals surface area (Å²) in [5.41, 5.74) is 8.24. The van der Waals surface area contributed by atoms with Crippen LogP contribution in [0.1, 0.15) is 24.6 Å². The van der Waals surface area contributed by atoms with Crippen LogP contribution in [0.5, 0.6) is 0 Å². The summed E-state index contributed by atoms with van der Waals surface area (Å²) in [5.74, 6) is 0. The minimum absolute atomic E-state index is 0.921. The summed E-state index contributed by atoms with van der Waals surface area (Å²) in [6.45, 7) is 4.96. The maximum atomic E-state index is 5.15. The van der Waals surface area contributed by atoms with Gasteiger partial charge in [0.05, 0.1) is 11.4 Å². The molecule has 0 amide bonds. The first kappa shape index (κ1) is 19.3. The van der Waals surface area contributed by atoms with Crippen molar-refractivity contribution < 1.29 is 4.84 Å². The van der Waals surface area contributed by atoms with E-state index in [9.17, 15) is 0 Å². The Hall–Kier alpha value is -2.98. The Kier molecular flexibility index (Phi) is 6.01. The quantitative estimate of drug-likeness (QED) is 0.433. The van der Waals surface area contributed by atoms with Crippen LogP contribution >= 0.6 is 0 Å². The van der Waals surface area contributed by atoms with Crippen molar-refractivity contribution in [1.29, 1.82) is 0 Å². The average molecular weight is 386 g/mol. The van der Waals surface area contributed by atoms with Crippen molar-refractivity contribution in [3.8, 4) is 22.4 Å². The second kappa shape index (κ2) is 9.01. The molecule has 0 spiro atoms. The molecular formula is C25H27N3O. The third kappa shape index (κ3) is 4.54. The molecule has 0 aliphatic carbocycles. The molecule has 3 aromatic rings. The summed E-state index contributed by atoms with van der Waals surface area (Å²) in [4.78, 5) is 12.5. The van der Waals surface area contributed by atoms with Crippen LogP contribution < -0.4 is 0 Å². The number of aromatic nitrogens is 1. The molecule has 0 bridgehead atoms. The molecule has 0 atom stereocenters. The lowest BCUT2D eigenvalue weighted by molar-refractivity contribution is 0.210. The summed E-state index contributed by atoms with van der Waals surface area (Å²) < 4.78 is 0. The highest BCUT2D eigenvalue weighted by atomic mass is 16.6. The third-order valence-corrected chi connectivity index (χ3v) is 5.42. The first-order valence-corrected chi connectivity index (χ1v) is 10.2. The summed E-state index contributed by atoms with van der Waals surface area (Å²) in [6, 6.07) is 23.4. The number of hydrogen-bond acceptors (Lipinski definition) is 4. The molecule has 1 aliphatic heterocycles. The monoisotopic (exact) mass is 385 g/mol. The van der Waals surface area contributed by atoms with Gasteiger partial charge < -0.3 is 4.84 Å². The highest BCUT2D eigenvalue weighted by molar-refractivity contribution is 5.82. The number of pyridine rings is 1. The van der Waals surface area contributed by atoms with E-state index in [1.54, 1.807) is 7.11 Å². The molecule has 29 heavy (non-hydrogen) atoms. The topological polar surface area (TPSA) is 37.7 Å². The molecule has 2 aromatic carbocycles. The van der Waals surface area contributed by atoms with E-state index >= 15 is 0 Å². The minimum atomic E-state index is 0.921. The van der Waals surface area contributed by atoms with Gasteiger partial charge in [0, 0.05) is 49.3 Å². The van der Waals surface area contributed by atoms with E-state index in [2.05, 4.69) is 76.8 Å². The number of fused-ring (bicyclic) bond motifs is 1. The van der Waals surface area contributed by atoms with Crippen molar-refractivity contribution in [1.82, 2.24) is 9.88 Å². The number of nitrogens with zero attached hydrogens (tertiary/aromatic N) is 3. The molecule has 148 valence electrons. The molecule has 0 N–H and O–H groups in total. The van der Waals surface area contributed by atoms with E-state index < -0.39 is 0 Å². The van der Waals surface area contributed by atoms with Gasteiger partial charge in [0.25, 0.3) is 0 Å². The van der Waals surface area contributed by atoms with Crippen molar-refractivity contribution in [3.63, 3.8) is 0 Å². The molecule has 0 unspecified atom stereocenters. The van der Waals surface area contributed by atoms with Crippen LogP contribution in [0.2, 0.25) is 0 Å². The van der Waals surface area contributed by atoms with Gasteiger partial charge >= 0.3 is 0 Å². The Balaban J connectivity index is 1.67. The highest BCUT2D eigenvalue weighted by Gasteiger charge is 2.21. The fourth-order valence-corrected chi connectivity index (χ4v) is 3.90. The first-order valence-electron chi connectivity index (χ1n) is 10.2. The summed E-state index contributed by atoms with van der Waals surface area (Å²) in [5, 5.41) is 4.03. The van der Waals surface area contributed by atoms with E-state index in [0.717, 1.165) is 43.9 Å². The average Bonchev–Trinajstić information content (AvgIpc) is 2.78. The van der Waals surface area contributed by atoms with Crippen LogP contribution in [-0.4, -0.2) is 35.8 Å². The Labute approximate surface area is 172 Å². The predicted octanol–water partition coefficient (Wildman–Crippen LogP) is 5.19. The first-order chi connectivity index (χ1) is 14.2. The van der Waals surface area contributed by atoms with Crippen molar-refractivity contribution in [2.24, 2.45) is 5.16 Å².